The molecule has 53 heavy (non-hydrogen) atoms. The molecule has 284 valence electrons. The normalized spacial score (nSPS) is 18.4. The highest BCUT2D eigenvalue weighted by Gasteiger charge is 2.29. The number of anilines is 2. The van der Waals surface area contributed by atoms with Crippen LogP contribution in [0.25, 0.3) is 11.1 Å². The van der Waals surface area contributed by atoms with Crippen LogP contribution in [0.4, 0.5) is 11.6 Å². The molecule has 17 heteroatoms. The molecule has 2 fully saturated rings. The van der Waals surface area contributed by atoms with Crippen LogP contribution in [0.15, 0.2) is 43.1 Å². The maximum Gasteiger partial charge on any atom is 0.256 e. The van der Waals surface area contributed by atoms with Crippen molar-refractivity contribution < 1.29 is 28.4 Å². The Kier molecular flexibility index (Phi) is 14.3. The van der Waals surface area contributed by atoms with Gasteiger partial charge in [0, 0.05) is 57.2 Å². The highest BCUT2D eigenvalue weighted by atomic mass is 16.5. The summed E-state index contributed by atoms with van der Waals surface area (Å²) in [4.78, 5) is 11.8. The lowest BCUT2D eigenvalue weighted by atomic mass is 9.90. The average Bonchev–Trinajstić information content (AvgIpc) is 3.86. The maximum absolute atomic E-state index is 9.70. The first kappa shape index (κ1) is 38.0. The Hall–Kier alpha value is -4.73. The summed E-state index contributed by atoms with van der Waals surface area (Å²) in [5, 5.41) is 29.1. The smallest absolute Gasteiger partial charge is 0.256 e. The zero-order valence-corrected chi connectivity index (χ0v) is 30.5. The van der Waals surface area contributed by atoms with Gasteiger partial charge in [-0.15, -0.1) is 10.2 Å². The van der Waals surface area contributed by atoms with Gasteiger partial charge in [0.05, 0.1) is 70.6 Å². The third-order valence-electron chi connectivity index (χ3n) is 9.27. The van der Waals surface area contributed by atoms with Gasteiger partial charge >= 0.3 is 0 Å². The molecule has 1 aromatic carbocycles. The van der Waals surface area contributed by atoms with Gasteiger partial charge in [-0.05, 0) is 60.7 Å². The van der Waals surface area contributed by atoms with E-state index >= 15 is 0 Å². The number of hydrogen-bond acceptors (Lipinski definition) is 15. The minimum Gasteiger partial charge on any atom is -0.487 e. The van der Waals surface area contributed by atoms with E-state index < -0.39 is 0 Å². The average molecular weight is 732 g/mol. The van der Waals surface area contributed by atoms with E-state index in [4.69, 9.17) is 33.5 Å². The van der Waals surface area contributed by atoms with Gasteiger partial charge < -0.3 is 33.7 Å². The third-order valence-corrected chi connectivity index (χ3v) is 9.27. The van der Waals surface area contributed by atoms with Crippen molar-refractivity contribution in [3.8, 4) is 28.8 Å². The van der Waals surface area contributed by atoms with Crippen LogP contribution in [0.2, 0.25) is 0 Å². The molecule has 6 rings (SSSR count). The summed E-state index contributed by atoms with van der Waals surface area (Å²) in [5.41, 5.74) is 2.71. The van der Waals surface area contributed by atoms with Crippen LogP contribution in [0, 0.1) is 11.3 Å². The predicted molar refractivity (Wildman–Crippen MR) is 193 cm³/mol. The highest BCUT2D eigenvalue weighted by molar-refractivity contribution is 5.67. The molecule has 4 aromatic rings. The first-order valence-electron chi connectivity index (χ1n) is 18.3. The molecule has 1 atom stereocenters. The number of rotatable bonds is 20. The summed E-state index contributed by atoms with van der Waals surface area (Å²) in [6.45, 7) is 9.13. The van der Waals surface area contributed by atoms with Crippen molar-refractivity contribution in [1.82, 2.24) is 44.9 Å². The first-order chi connectivity index (χ1) is 26.1. The monoisotopic (exact) mass is 731 g/mol. The van der Waals surface area contributed by atoms with Gasteiger partial charge in [0.2, 0.25) is 5.95 Å². The first-order valence-corrected chi connectivity index (χ1v) is 18.3. The van der Waals surface area contributed by atoms with Gasteiger partial charge in [-0.1, -0.05) is 6.07 Å². The van der Waals surface area contributed by atoms with Gasteiger partial charge in [0.15, 0.2) is 0 Å². The summed E-state index contributed by atoms with van der Waals surface area (Å²) in [7, 11) is 1.65. The van der Waals surface area contributed by atoms with Crippen molar-refractivity contribution >= 4 is 11.6 Å². The molecule has 1 aliphatic heterocycles. The topological polar surface area (TPSA) is 182 Å². The van der Waals surface area contributed by atoms with Gasteiger partial charge in [-0.2, -0.15) is 5.26 Å². The van der Waals surface area contributed by atoms with Crippen LogP contribution in [0.1, 0.15) is 50.6 Å². The Labute approximate surface area is 309 Å². The van der Waals surface area contributed by atoms with E-state index in [-0.39, 0.29) is 12.1 Å². The Balaban J connectivity index is 1.09. The van der Waals surface area contributed by atoms with Gasteiger partial charge in [0.1, 0.15) is 29.9 Å². The van der Waals surface area contributed by atoms with E-state index in [2.05, 4.69) is 41.8 Å². The van der Waals surface area contributed by atoms with Gasteiger partial charge in [-0.3, -0.25) is 9.58 Å². The zero-order chi connectivity index (χ0) is 36.7. The SMILES string of the molecule is COCCOCCOCCCOc1nn(C2CCC(N3CCOCC3)CC2)cc1Nc1ncc(-c2ccc(C#N)c(O[C@@H](C)Cn3cnnn3)c2)cn1. The molecule has 0 amide bonds. The summed E-state index contributed by atoms with van der Waals surface area (Å²) in [6, 6.07) is 8.48. The second kappa shape index (κ2) is 19.9. The molecule has 3 aromatic heterocycles. The second-order valence-electron chi connectivity index (χ2n) is 13.1. The fraction of sp³-hybridized carbons (Fsp3) is 0.583. The minimum atomic E-state index is -0.279. The number of nitriles is 1. The number of aromatic nitrogens is 8. The van der Waals surface area contributed by atoms with E-state index in [1.165, 1.54) is 6.33 Å². The van der Waals surface area contributed by atoms with Gasteiger partial charge in [-0.25, -0.2) is 14.6 Å². The zero-order valence-electron chi connectivity index (χ0n) is 30.5. The third kappa shape index (κ3) is 11.1. The lowest BCUT2D eigenvalue weighted by molar-refractivity contribution is 0.00502. The van der Waals surface area contributed by atoms with E-state index in [0.29, 0.717) is 87.5 Å². The lowest BCUT2D eigenvalue weighted by Gasteiger charge is -2.38. The number of benzene rings is 1. The van der Waals surface area contributed by atoms with Crippen molar-refractivity contribution in [2.75, 3.05) is 78.4 Å². The number of ether oxygens (including phenoxy) is 6. The van der Waals surface area contributed by atoms with Crippen LogP contribution < -0.4 is 14.8 Å². The van der Waals surface area contributed by atoms with Crippen LogP contribution in [0.5, 0.6) is 11.6 Å². The van der Waals surface area contributed by atoms with Crippen LogP contribution in [-0.2, 0) is 25.5 Å². The number of methoxy groups -OCH3 is 1. The molecule has 1 N–H and O–H groups in total. The molecule has 0 bridgehead atoms. The predicted octanol–water partition coefficient (Wildman–Crippen LogP) is 3.67. The van der Waals surface area contributed by atoms with E-state index in [9.17, 15) is 5.26 Å². The summed E-state index contributed by atoms with van der Waals surface area (Å²) in [6.07, 6.45) is 11.8. The van der Waals surface area contributed by atoms with Crippen molar-refractivity contribution in [1.29, 1.82) is 5.26 Å². The van der Waals surface area contributed by atoms with Crippen molar-refractivity contribution in [2.45, 2.75) is 63.8 Å². The largest absolute Gasteiger partial charge is 0.487 e. The standard InChI is InChI=1S/C36H49N11O6/c1-27(24-46-26-40-43-44-46)53-34-20-28(4-5-29(34)21-37)30-22-38-36(39-23-30)41-33-25-47(32-8-6-31(7-9-32)45-10-14-50-15-11-45)42-35(33)52-13-3-12-49-18-19-51-17-16-48-2/h4-5,20,22-23,25-27,31-32H,3,6-19,24H2,1-2H3,(H,38,39,41)/t27-,31?,32?/m0/s1. The minimum absolute atomic E-state index is 0.276. The number of nitrogens with one attached hydrogen (secondary N) is 1. The van der Waals surface area contributed by atoms with E-state index in [1.54, 1.807) is 30.3 Å². The molecule has 1 saturated carbocycles. The second-order valence-corrected chi connectivity index (χ2v) is 13.1. The van der Waals surface area contributed by atoms with Crippen molar-refractivity contribution in [3.05, 3.63) is 48.7 Å². The fourth-order valence-corrected chi connectivity index (χ4v) is 6.51. The van der Waals surface area contributed by atoms with Crippen LogP contribution in [0.3, 0.4) is 0 Å². The molecule has 1 saturated heterocycles. The van der Waals surface area contributed by atoms with Gasteiger partial charge in [0.25, 0.3) is 5.88 Å². The quantitative estimate of drug-likeness (QED) is 0.130. The lowest BCUT2D eigenvalue weighted by Crippen LogP contribution is -2.45. The Morgan fingerprint density at radius 3 is 2.45 bits per heavy atom. The molecule has 1 aliphatic carbocycles. The Bertz CT molecular complexity index is 1700. The fourth-order valence-electron chi connectivity index (χ4n) is 6.51. The molecular weight excluding hydrogens is 682 g/mol. The molecule has 17 nitrogen and oxygen atoms in total. The Morgan fingerprint density at radius 1 is 0.962 bits per heavy atom. The Morgan fingerprint density at radius 2 is 1.72 bits per heavy atom. The van der Waals surface area contributed by atoms with E-state index in [0.717, 1.165) is 63.1 Å². The summed E-state index contributed by atoms with van der Waals surface area (Å²) >= 11 is 0. The van der Waals surface area contributed by atoms with E-state index in [1.807, 2.05) is 29.9 Å². The number of nitrogens with zero attached hydrogens (tertiary/aromatic N) is 10. The molecular formula is C36H49N11O6. The number of hydrogen-bond donors (Lipinski definition) is 1. The van der Waals surface area contributed by atoms with Crippen molar-refractivity contribution in [2.24, 2.45) is 0 Å². The highest BCUT2D eigenvalue weighted by Crippen LogP contribution is 2.35. The summed E-state index contributed by atoms with van der Waals surface area (Å²) < 4.78 is 37.6. The molecule has 4 heterocycles. The molecule has 0 radical (unpaired) electrons. The van der Waals surface area contributed by atoms with Crippen LogP contribution in [-0.4, -0.2) is 130 Å². The summed E-state index contributed by atoms with van der Waals surface area (Å²) in [5.74, 6) is 1.37. The molecule has 0 spiro atoms. The number of morpholine rings is 1. The maximum atomic E-state index is 9.70. The van der Waals surface area contributed by atoms with Crippen molar-refractivity contribution in [3.63, 3.8) is 0 Å². The van der Waals surface area contributed by atoms with Crippen LogP contribution >= 0.6 is 0 Å². The molecule has 0 unspecified atom stereocenters. The molecule has 2 aliphatic rings. The number of tetrazole rings is 1.